The number of nitrogens with zero attached hydrogens (tertiary/aromatic N) is 3. The third kappa shape index (κ3) is 3.98. The zero-order chi connectivity index (χ0) is 12.1. The molecule has 0 aliphatic carbocycles. The highest BCUT2D eigenvalue weighted by Crippen LogP contribution is 2.21. The molecule has 2 heterocycles. The second-order valence-corrected chi connectivity index (χ2v) is 4.79. The van der Waals surface area contributed by atoms with Crippen molar-refractivity contribution in [3.8, 4) is 5.88 Å². The van der Waals surface area contributed by atoms with Crippen LogP contribution in [0, 0.1) is 0 Å². The summed E-state index contributed by atoms with van der Waals surface area (Å²) < 4.78 is 5.51. The van der Waals surface area contributed by atoms with E-state index in [0.29, 0.717) is 17.5 Å². The van der Waals surface area contributed by atoms with E-state index in [9.17, 15) is 0 Å². The van der Waals surface area contributed by atoms with Crippen molar-refractivity contribution in [2.24, 2.45) is 0 Å². The fraction of sp³-hybridized carbons (Fsp3) is 0.636. The minimum atomic E-state index is 0.155. The molecule has 0 saturated carbocycles. The van der Waals surface area contributed by atoms with Crippen LogP contribution in [0.1, 0.15) is 19.3 Å². The zero-order valence-electron chi connectivity index (χ0n) is 9.53. The van der Waals surface area contributed by atoms with Crippen LogP contribution in [0.2, 0.25) is 10.3 Å². The summed E-state index contributed by atoms with van der Waals surface area (Å²) in [5, 5.41) is 0.551. The quantitative estimate of drug-likeness (QED) is 0.792. The van der Waals surface area contributed by atoms with E-state index >= 15 is 0 Å². The van der Waals surface area contributed by atoms with Gasteiger partial charge in [-0.15, -0.1) is 0 Å². The van der Waals surface area contributed by atoms with Crippen LogP contribution in [0.15, 0.2) is 6.20 Å². The van der Waals surface area contributed by atoms with Gasteiger partial charge in [-0.05, 0) is 37.5 Å². The molecule has 1 fully saturated rings. The van der Waals surface area contributed by atoms with Gasteiger partial charge in [0.1, 0.15) is 11.6 Å². The molecule has 1 aromatic rings. The molecular formula is C11H15Cl2N3O. The lowest BCUT2D eigenvalue weighted by molar-refractivity contribution is 0.180. The van der Waals surface area contributed by atoms with Gasteiger partial charge in [0.2, 0.25) is 11.2 Å². The molecule has 17 heavy (non-hydrogen) atoms. The van der Waals surface area contributed by atoms with Crippen molar-refractivity contribution >= 4 is 23.2 Å². The summed E-state index contributed by atoms with van der Waals surface area (Å²) in [5.41, 5.74) is 0. The molecule has 94 valence electrons. The Balaban J connectivity index is 1.79. The second-order valence-electron chi connectivity index (χ2n) is 4.04. The average Bonchev–Trinajstić information content (AvgIpc) is 2.35. The molecule has 1 aromatic heterocycles. The Morgan fingerprint density at radius 3 is 2.76 bits per heavy atom. The van der Waals surface area contributed by atoms with Crippen LogP contribution in [-0.4, -0.2) is 41.1 Å². The van der Waals surface area contributed by atoms with Crippen LogP contribution >= 0.6 is 23.2 Å². The average molecular weight is 276 g/mol. The van der Waals surface area contributed by atoms with Gasteiger partial charge >= 0.3 is 0 Å². The van der Waals surface area contributed by atoms with E-state index in [1.54, 1.807) is 0 Å². The Kier molecular flexibility index (Phi) is 4.83. The van der Waals surface area contributed by atoms with Gasteiger partial charge in [0.25, 0.3) is 0 Å². The van der Waals surface area contributed by atoms with Gasteiger partial charge in [-0.25, -0.2) is 4.98 Å². The van der Waals surface area contributed by atoms with Gasteiger partial charge in [0, 0.05) is 6.54 Å². The molecule has 0 N–H and O–H groups in total. The van der Waals surface area contributed by atoms with Crippen LogP contribution in [0.5, 0.6) is 5.88 Å². The molecule has 4 nitrogen and oxygen atoms in total. The van der Waals surface area contributed by atoms with E-state index in [0.717, 1.165) is 19.6 Å². The lowest BCUT2D eigenvalue weighted by Crippen LogP contribution is -2.33. The molecular weight excluding hydrogens is 261 g/mol. The number of hydrogen-bond donors (Lipinski definition) is 0. The molecule has 0 aromatic carbocycles. The Hall–Kier alpha value is -0.580. The molecule has 0 spiro atoms. The summed E-state index contributed by atoms with van der Waals surface area (Å²) >= 11 is 11.6. The summed E-state index contributed by atoms with van der Waals surface area (Å²) in [6, 6.07) is 0. The predicted molar refractivity (Wildman–Crippen MR) is 67.8 cm³/mol. The van der Waals surface area contributed by atoms with Gasteiger partial charge in [0.05, 0.1) is 6.20 Å². The third-order valence-electron chi connectivity index (χ3n) is 2.78. The van der Waals surface area contributed by atoms with Crippen LogP contribution in [0.4, 0.5) is 0 Å². The van der Waals surface area contributed by atoms with E-state index in [1.165, 1.54) is 25.5 Å². The lowest BCUT2D eigenvalue weighted by atomic mass is 10.1. The number of aromatic nitrogens is 2. The number of hydrogen-bond acceptors (Lipinski definition) is 4. The second kappa shape index (κ2) is 6.38. The fourth-order valence-corrected chi connectivity index (χ4v) is 2.16. The first-order valence-electron chi connectivity index (χ1n) is 5.79. The van der Waals surface area contributed by atoms with Crippen LogP contribution < -0.4 is 4.74 Å². The van der Waals surface area contributed by atoms with Gasteiger partial charge in [-0.2, -0.15) is 4.98 Å². The molecule has 0 radical (unpaired) electrons. The number of rotatable bonds is 4. The van der Waals surface area contributed by atoms with Gasteiger partial charge in [-0.1, -0.05) is 18.0 Å². The van der Waals surface area contributed by atoms with Crippen molar-refractivity contribution in [1.82, 2.24) is 14.9 Å². The highest BCUT2D eigenvalue weighted by atomic mass is 35.5. The van der Waals surface area contributed by atoms with E-state index in [1.807, 2.05) is 0 Å². The van der Waals surface area contributed by atoms with Crippen molar-refractivity contribution in [2.75, 3.05) is 26.2 Å². The standard InChI is InChI=1S/C11H15Cl2N3O/c12-9-8-14-11(13)15-10(9)17-7-6-16-4-2-1-3-5-16/h8H,1-7H2. The van der Waals surface area contributed by atoms with Gasteiger partial charge < -0.3 is 4.74 Å². The smallest absolute Gasteiger partial charge is 0.237 e. The van der Waals surface area contributed by atoms with Gasteiger partial charge in [-0.3, -0.25) is 4.90 Å². The maximum Gasteiger partial charge on any atom is 0.237 e. The number of ether oxygens (including phenoxy) is 1. The molecule has 0 unspecified atom stereocenters. The Morgan fingerprint density at radius 2 is 2.00 bits per heavy atom. The van der Waals surface area contributed by atoms with Crippen molar-refractivity contribution in [1.29, 1.82) is 0 Å². The summed E-state index contributed by atoms with van der Waals surface area (Å²) in [6.45, 7) is 3.79. The lowest BCUT2D eigenvalue weighted by Gasteiger charge is -2.26. The van der Waals surface area contributed by atoms with Crippen molar-refractivity contribution in [3.63, 3.8) is 0 Å². The first-order chi connectivity index (χ1) is 8.25. The Labute approximate surface area is 111 Å². The van der Waals surface area contributed by atoms with Crippen LogP contribution in [0.25, 0.3) is 0 Å². The predicted octanol–water partition coefficient (Wildman–Crippen LogP) is 2.65. The molecule has 2 rings (SSSR count). The van der Waals surface area contributed by atoms with Crippen molar-refractivity contribution < 1.29 is 4.74 Å². The molecule has 0 amide bonds. The third-order valence-corrected chi connectivity index (χ3v) is 3.22. The molecule has 1 aliphatic rings. The summed E-state index contributed by atoms with van der Waals surface area (Å²) in [7, 11) is 0. The van der Waals surface area contributed by atoms with E-state index in [-0.39, 0.29) is 5.28 Å². The first-order valence-corrected chi connectivity index (χ1v) is 6.54. The molecule has 0 bridgehead atoms. The maximum atomic E-state index is 5.90. The Morgan fingerprint density at radius 1 is 1.24 bits per heavy atom. The Bertz CT molecular complexity index is 370. The van der Waals surface area contributed by atoms with E-state index in [4.69, 9.17) is 27.9 Å². The van der Waals surface area contributed by atoms with Crippen molar-refractivity contribution in [3.05, 3.63) is 16.5 Å². The first kappa shape index (κ1) is 12.9. The van der Waals surface area contributed by atoms with Crippen LogP contribution in [0.3, 0.4) is 0 Å². The summed E-state index contributed by atoms with van der Waals surface area (Å²) in [5.74, 6) is 0.365. The van der Waals surface area contributed by atoms with Gasteiger partial charge in [0.15, 0.2) is 0 Å². The minimum Gasteiger partial charge on any atom is -0.475 e. The SMILES string of the molecule is Clc1ncc(Cl)c(OCCN2CCCCC2)n1. The van der Waals surface area contributed by atoms with E-state index in [2.05, 4.69) is 14.9 Å². The minimum absolute atomic E-state index is 0.155. The highest BCUT2D eigenvalue weighted by Gasteiger charge is 2.11. The van der Waals surface area contributed by atoms with E-state index < -0.39 is 0 Å². The number of piperidine rings is 1. The topological polar surface area (TPSA) is 38.2 Å². The maximum absolute atomic E-state index is 5.90. The van der Waals surface area contributed by atoms with Crippen LogP contribution in [-0.2, 0) is 0 Å². The highest BCUT2D eigenvalue weighted by molar-refractivity contribution is 6.32. The normalized spacial score (nSPS) is 17.1. The molecule has 1 aliphatic heterocycles. The molecule has 1 saturated heterocycles. The zero-order valence-corrected chi connectivity index (χ0v) is 11.0. The molecule has 6 heteroatoms. The molecule has 0 atom stereocenters. The number of likely N-dealkylation sites (tertiary alicyclic amines) is 1. The van der Waals surface area contributed by atoms with Crippen molar-refractivity contribution in [2.45, 2.75) is 19.3 Å². The summed E-state index contributed by atoms with van der Waals surface area (Å²) in [6.07, 6.45) is 5.35. The summed E-state index contributed by atoms with van der Waals surface area (Å²) in [4.78, 5) is 10.1. The largest absolute Gasteiger partial charge is 0.475 e. The number of halogens is 2. The fourth-order valence-electron chi connectivity index (χ4n) is 1.89. The monoisotopic (exact) mass is 275 g/mol.